The lowest BCUT2D eigenvalue weighted by Gasteiger charge is -2.23. The summed E-state index contributed by atoms with van der Waals surface area (Å²) in [6, 6.07) is -2.19. The highest BCUT2D eigenvalue weighted by molar-refractivity contribution is 5.86. The highest BCUT2D eigenvalue weighted by atomic mass is 16.4. The van der Waals surface area contributed by atoms with Gasteiger partial charge in [0.15, 0.2) is 0 Å². The van der Waals surface area contributed by atoms with Crippen molar-refractivity contribution >= 4 is 18.0 Å². The van der Waals surface area contributed by atoms with E-state index in [0.29, 0.717) is 5.92 Å². The van der Waals surface area contributed by atoms with Gasteiger partial charge in [-0.15, -0.1) is 0 Å². The number of carbonyl (C=O) groups is 3. The van der Waals surface area contributed by atoms with Gasteiger partial charge < -0.3 is 20.8 Å². The predicted octanol–water partition coefficient (Wildman–Crippen LogP) is 1.04. The van der Waals surface area contributed by atoms with Crippen LogP contribution >= 0.6 is 0 Å². The first-order chi connectivity index (χ1) is 8.81. The molecule has 2 unspecified atom stereocenters. The maximum Gasteiger partial charge on any atom is 0.326 e. The van der Waals surface area contributed by atoms with Crippen molar-refractivity contribution in [3.05, 3.63) is 0 Å². The molecule has 0 aliphatic heterocycles. The fraction of sp³-hybridized carbons (Fsp3) is 0.750. The van der Waals surface area contributed by atoms with Gasteiger partial charge in [-0.05, 0) is 12.8 Å². The van der Waals surface area contributed by atoms with Crippen molar-refractivity contribution in [1.29, 1.82) is 0 Å². The minimum Gasteiger partial charge on any atom is -0.481 e. The minimum absolute atomic E-state index is 0.103. The van der Waals surface area contributed by atoms with Gasteiger partial charge >= 0.3 is 18.0 Å². The van der Waals surface area contributed by atoms with Gasteiger partial charge in [0.2, 0.25) is 0 Å². The Labute approximate surface area is 112 Å². The molecule has 0 aromatic carbocycles. The van der Waals surface area contributed by atoms with E-state index in [0.717, 1.165) is 12.8 Å². The monoisotopic (exact) mass is 274 g/mol. The lowest BCUT2D eigenvalue weighted by Crippen LogP contribution is -2.50. The van der Waals surface area contributed by atoms with Crippen LogP contribution in [0.5, 0.6) is 0 Å². The lowest BCUT2D eigenvalue weighted by molar-refractivity contribution is -0.145. The maximum absolute atomic E-state index is 11.6. The third-order valence-electron chi connectivity index (χ3n) is 3.10. The second kappa shape index (κ2) is 8.34. The van der Waals surface area contributed by atoms with Gasteiger partial charge in [0.1, 0.15) is 6.04 Å². The summed E-state index contributed by atoms with van der Waals surface area (Å²) < 4.78 is 0. The van der Waals surface area contributed by atoms with E-state index in [1.165, 1.54) is 0 Å². The van der Waals surface area contributed by atoms with Gasteiger partial charge in [-0.1, -0.05) is 26.7 Å². The van der Waals surface area contributed by atoms with Gasteiger partial charge in [-0.25, -0.2) is 9.59 Å². The Balaban J connectivity index is 4.41. The van der Waals surface area contributed by atoms with Crippen LogP contribution in [-0.2, 0) is 9.59 Å². The molecule has 4 N–H and O–H groups in total. The molecule has 0 saturated heterocycles. The van der Waals surface area contributed by atoms with Crippen LogP contribution < -0.4 is 10.6 Å². The van der Waals surface area contributed by atoms with Crippen LogP contribution in [0.15, 0.2) is 0 Å². The second-order valence-electron chi connectivity index (χ2n) is 4.47. The van der Waals surface area contributed by atoms with Gasteiger partial charge in [-0.2, -0.15) is 0 Å². The summed E-state index contributed by atoms with van der Waals surface area (Å²) in [6.45, 7) is 5.85. The molecule has 0 aliphatic carbocycles. The molecule has 0 aliphatic rings. The Hall–Kier alpha value is -1.79. The van der Waals surface area contributed by atoms with Gasteiger partial charge in [0.05, 0.1) is 6.42 Å². The Morgan fingerprint density at radius 2 is 1.58 bits per heavy atom. The van der Waals surface area contributed by atoms with Gasteiger partial charge in [-0.3, -0.25) is 4.79 Å². The van der Waals surface area contributed by atoms with Crippen LogP contribution in [0.25, 0.3) is 0 Å². The molecule has 0 aromatic rings. The predicted molar refractivity (Wildman–Crippen MR) is 68.9 cm³/mol. The third kappa shape index (κ3) is 6.64. The minimum atomic E-state index is -1.42. The van der Waals surface area contributed by atoms with E-state index in [-0.39, 0.29) is 6.04 Å². The van der Waals surface area contributed by atoms with Crippen LogP contribution in [0.2, 0.25) is 0 Å². The molecule has 7 nitrogen and oxygen atoms in total. The van der Waals surface area contributed by atoms with E-state index in [9.17, 15) is 14.4 Å². The Morgan fingerprint density at radius 3 is 1.95 bits per heavy atom. The molecule has 0 heterocycles. The van der Waals surface area contributed by atoms with Crippen molar-refractivity contribution in [1.82, 2.24) is 10.6 Å². The van der Waals surface area contributed by atoms with Crippen LogP contribution in [0, 0.1) is 5.92 Å². The summed E-state index contributed by atoms with van der Waals surface area (Å²) in [6.07, 6.45) is 1.15. The van der Waals surface area contributed by atoms with E-state index in [1.54, 1.807) is 0 Å². The van der Waals surface area contributed by atoms with E-state index in [1.807, 2.05) is 20.8 Å². The Bertz CT molecular complexity index is 328. The molecular formula is C12H22N2O5. The number of carbonyl (C=O) groups excluding carboxylic acids is 1. The van der Waals surface area contributed by atoms with Crippen LogP contribution in [-0.4, -0.2) is 40.3 Å². The molecular weight excluding hydrogens is 252 g/mol. The Kier molecular flexibility index (Phi) is 7.55. The molecule has 0 rings (SSSR count). The summed E-state index contributed by atoms with van der Waals surface area (Å²) in [5, 5.41) is 22.1. The molecule has 19 heavy (non-hydrogen) atoms. The number of amides is 2. The largest absolute Gasteiger partial charge is 0.481 e. The number of aliphatic carboxylic acids is 2. The summed E-state index contributed by atoms with van der Waals surface area (Å²) in [5.74, 6) is -2.35. The fourth-order valence-electron chi connectivity index (χ4n) is 1.90. The zero-order valence-electron chi connectivity index (χ0n) is 11.5. The first-order valence-electron chi connectivity index (χ1n) is 6.33. The van der Waals surface area contributed by atoms with Crippen molar-refractivity contribution < 1.29 is 24.6 Å². The molecule has 110 valence electrons. The highest BCUT2D eigenvalue weighted by Crippen LogP contribution is 2.12. The average molecular weight is 274 g/mol. The van der Waals surface area contributed by atoms with E-state index in [2.05, 4.69) is 10.6 Å². The van der Waals surface area contributed by atoms with Gasteiger partial charge in [0, 0.05) is 6.04 Å². The number of carboxylic acid groups (broad SMARTS) is 2. The highest BCUT2D eigenvalue weighted by Gasteiger charge is 2.24. The number of hydrogen-bond acceptors (Lipinski definition) is 3. The molecule has 2 amide bonds. The van der Waals surface area contributed by atoms with Crippen molar-refractivity contribution in [2.24, 2.45) is 5.92 Å². The quantitative estimate of drug-likeness (QED) is 0.527. The van der Waals surface area contributed by atoms with E-state index in [4.69, 9.17) is 10.2 Å². The van der Waals surface area contributed by atoms with E-state index < -0.39 is 30.4 Å². The molecule has 0 saturated carbocycles. The molecule has 0 radical (unpaired) electrons. The molecule has 0 spiro atoms. The first kappa shape index (κ1) is 17.2. The third-order valence-corrected chi connectivity index (χ3v) is 3.10. The van der Waals surface area contributed by atoms with Gasteiger partial charge in [0.25, 0.3) is 0 Å². The first-order valence-corrected chi connectivity index (χ1v) is 6.33. The van der Waals surface area contributed by atoms with Crippen LogP contribution in [0.4, 0.5) is 4.79 Å². The summed E-state index contributed by atoms with van der Waals surface area (Å²) in [5.41, 5.74) is 0. The Morgan fingerprint density at radius 1 is 1.05 bits per heavy atom. The summed E-state index contributed by atoms with van der Waals surface area (Å²) in [7, 11) is 0. The zero-order valence-corrected chi connectivity index (χ0v) is 11.5. The molecule has 0 aromatic heterocycles. The van der Waals surface area contributed by atoms with Crippen molar-refractivity contribution in [2.45, 2.75) is 52.1 Å². The van der Waals surface area contributed by atoms with Crippen molar-refractivity contribution in [2.75, 3.05) is 0 Å². The normalized spacial score (nSPS) is 13.7. The second-order valence-corrected chi connectivity index (χ2v) is 4.47. The maximum atomic E-state index is 11.6. The topological polar surface area (TPSA) is 116 Å². The fourth-order valence-corrected chi connectivity index (χ4v) is 1.90. The summed E-state index contributed by atoms with van der Waals surface area (Å²) in [4.78, 5) is 32.9. The van der Waals surface area contributed by atoms with E-state index >= 15 is 0 Å². The number of carboxylic acids is 2. The lowest BCUT2D eigenvalue weighted by atomic mass is 9.96. The SMILES string of the molecule is CCC(CC)C(C)NC(=O)NC(CC(=O)O)C(=O)O. The smallest absolute Gasteiger partial charge is 0.326 e. The van der Waals surface area contributed by atoms with Crippen LogP contribution in [0.1, 0.15) is 40.0 Å². The molecule has 2 atom stereocenters. The molecule has 0 fully saturated rings. The number of rotatable bonds is 8. The molecule has 0 bridgehead atoms. The number of urea groups is 1. The van der Waals surface area contributed by atoms with Crippen LogP contribution in [0.3, 0.4) is 0 Å². The number of nitrogens with one attached hydrogen (secondary N) is 2. The molecule has 7 heteroatoms. The number of hydrogen-bond donors (Lipinski definition) is 4. The van der Waals surface area contributed by atoms with Crippen molar-refractivity contribution in [3.8, 4) is 0 Å². The average Bonchev–Trinajstić information content (AvgIpc) is 2.28. The van der Waals surface area contributed by atoms with Crippen molar-refractivity contribution in [3.63, 3.8) is 0 Å². The zero-order chi connectivity index (χ0) is 15.0. The summed E-state index contributed by atoms with van der Waals surface area (Å²) >= 11 is 0. The standard InChI is InChI=1S/C12H22N2O5/c1-4-8(5-2)7(3)13-12(19)14-9(11(17)18)6-10(15)16/h7-9H,4-6H2,1-3H3,(H,15,16)(H,17,18)(H2,13,14,19).